The van der Waals surface area contributed by atoms with E-state index < -0.39 is 0 Å². The molecule has 0 aliphatic carbocycles. The van der Waals surface area contributed by atoms with Crippen LogP contribution >= 0.6 is 0 Å². The van der Waals surface area contributed by atoms with Gasteiger partial charge in [0.15, 0.2) is 0 Å². The Morgan fingerprint density at radius 1 is 1.17 bits per heavy atom. The van der Waals surface area contributed by atoms with Crippen LogP contribution in [-0.4, -0.2) is 4.98 Å². The molecule has 0 aliphatic heterocycles. The number of aromatic nitrogens is 1. The molecule has 94 valence electrons. The molecule has 0 saturated heterocycles. The number of hydrogen-bond acceptors (Lipinski definition) is 3. The van der Waals surface area contributed by atoms with Crippen molar-refractivity contribution in [3.05, 3.63) is 53.7 Å². The predicted molar refractivity (Wildman–Crippen MR) is 76.5 cm³/mol. The fraction of sp³-hybridized carbons (Fsp3) is 0.267. The number of anilines is 2. The van der Waals surface area contributed by atoms with Crippen molar-refractivity contribution in [1.29, 1.82) is 0 Å². The maximum absolute atomic E-state index is 5.70. The molecule has 1 aromatic carbocycles. The molecule has 1 heterocycles. The number of benzene rings is 1. The van der Waals surface area contributed by atoms with E-state index in [-0.39, 0.29) is 0 Å². The Labute approximate surface area is 108 Å². The summed E-state index contributed by atoms with van der Waals surface area (Å²) in [5.41, 5.74) is 9.03. The van der Waals surface area contributed by atoms with Crippen LogP contribution in [0.2, 0.25) is 0 Å². The summed E-state index contributed by atoms with van der Waals surface area (Å²) in [6.07, 6.45) is 1.71. The molecule has 0 fully saturated rings. The van der Waals surface area contributed by atoms with Gasteiger partial charge in [-0.15, -0.1) is 0 Å². The predicted octanol–water partition coefficient (Wildman–Crippen LogP) is 3.40. The molecule has 0 spiro atoms. The molecule has 3 heteroatoms. The van der Waals surface area contributed by atoms with E-state index in [2.05, 4.69) is 48.4 Å². The number of pyridine rings is 1. The van der Waals surface area contributed by atoms with Crippen LogP contribution in [0.3, 0.4) is 0 Å². The Kier molecular flexibility index (Phi) is 3.82. The maximum atomic E-state index is 5.70. The lowest BCUT2D eigenvalue weighted by Gasteiger charge is -2.08. The summed E-state index contributed by atoms with van der Waals surface area (Å²) in [6.45, 7) is 5.16. The Bertz CT molecular complexity index is 503. The topological polar surface area (TPSA) is 50.9 Å². The Hall–Kier alpha value is -2.03. The first kappa shape index (κ1) is 12.4. The zero-order valence-electron chi connectivity index (χ0n) is 10.9. The normalized spacial score (nSPS) is 10.6. The van der Waals surface area contributed by atoms with Crippen LogP contribution in [0.5, 0.6) is 0 Å². The summed E-state index contributed by atoms with van der Waals surface area (Å²) >= 11 is 0. The molecule has 18 heavy (non-hydrogen) atoms. The first-order valence-corrected chi connectivity index (χ1v) is 6.19. The summed E-state index contributed by atoms with van der Waals surface area (Å²) in [5, 5.41) is 3.26. The van der Waals surface area contributed by atoms with Gasteiger partial charge in [0.2, 0.25) is 0 Å². The van der Waals surface area contributed by atoms with E-state index >= 15 is 0 Å². The fourth-order valence-electron chi connectivity index (χ4n) is 1.76. The van der Waals surface area contributed by atoms with Crippen molar-refractivity contribution in [1.82, 2.24) is 4.98 Å². The van der Waals surface area contributed by atoms with E-state index in [0.717, 1.165) is 18.1 Å². The van der Waals surface area contributed by atoms with Crippen LogP contribution < -0.4 is 11.1 Å². The highest BCUT2D eigenvalue weighted by atomic mass is 15.0. The maximum Gasteiger partial charge on any atom is 0.128 e. The number of hydrogen-bond donors (Lipinski definition) is 2. The van der Waals surface area contributed by atoms with Gasteiger partial charge in [-0.25, -0.2) is 4.98 Å². The molecule has 3 nitrogen and oxygen atoms in total. The minimum absolute atomic E-state index is 0.572. The van der Waals surface area contributed by atoms with Crippen molar-refractivity contribution in [2.24, 2.45) is 0 Å². The van der Waals surface area contributed by atoms with Crippen LogP contribution in [0.1, 0.15) is 30.9 Å². The standard InChI is InChI=1S/C15H19N3/c1-11(2)13-5-3-12(4-6-13)10-18-15-9-14(16)7-8-17-15/h3-9,11H,10H2,1-2H3,(H3,16,17,18). The van der Waals surface area contributed by atoms with Crippen molar-refractivity contribution < 1.29 is 0 Å². The molecule has 0 unspecified atom stereocenters. The second kappa shape index (κ2) is 5.54. The molecule has 0 bridgehead atoms. The minimum atomic E-state index is 0.572. The van der Waals surface area contributed by atoms with Crippen LogP contribution in [0, 0.1) is 0 Å². The molecule has 0 saturated carbocycles. The van der Waals surface area contributed by atoms with Crippen LogP contribution in [-0.2, 0) is 6.54 Å². The van der Waals surface area contributed by atoms with Gasteiger partial charge >= 0.3 is 0 Å². The molecule has 3 N–H and O–H groups in total. The van der Waals surface area contributed by atoms with Crippen molar-refractivity contribution in [3.8, 4) is 0 Å². The van der Waals surface area contributed by atoms with Crippen LogP contribution in [0.4, 0.5) is 11.5 Å². The number of rotatable bonds is 4. The first-order valence-electron chi connectivity index (χ1n) is 6.19. The van der Waals surface area contributed by atoms with E-state index in [4.69, 9.17) is 5.73 Å². The van der Waals surface area contributed by atoms with Gasteiger partial charge in [-0.05, 0) is 23.1 Å². The molecule has 1 aromatic heterocycles. The summed E-state index contributed by atoms with van der Waals surface area (Å²) < 4.78 is 0. The van der Waals surface area contributed by atoms with Gasteiger partial charge < -0.3 is 11.1 Å². The van der Waals surface area contributed by atoms with Crippen molar-refractivity contribution >= 4 is 11.5 Å². The van der Waals surface area contributed by atoms with Gasteiger partial charge in [0, 0.05) is 24.5 Å². The minimum Gasteiger partial charge on any atom is -0.399 e. The molecule has 2 aromatic rings. The lowest BCUT2D eigenvalue weighted by molar-refractivity contribution is 0.865. The summed E-state index contributed by atoms with van der Waals surface area (Å²) in [7, 11) is 0. The molecule has 0 atom stereocenters. The van der Waals surface area contributed by atoms with Gasteiger partial charge in [-0.1, -0.05) is 38.1 Å². The van der Waals surface area contributed by atoms with E-state index in [1.165, 1.54) is 11.1 Å². The third-order valence-corrected chi connectivity index (χ3v) is 2.90. The Balaban J connectivity index is 1.98. The second-order valence-electron chi connectivity index (χ2n) is 4.72. The molecule has 0 aliphatic rings. The zero-order valence-corrected chi connectivity index (χ0v) is 10.9. The molecule has 0 amide bonds. The van der Waals surface area contributed by atoms with Gasteiger partial charge in [0.05, 0.1) is 0 Å². The monoisotopic (exact) mass is 241 g/mol. The smallest absolute Gasteiger partial charge is 0.128 e. The van der Waals surface area contributed by atoms with Gasteiger partial charge in [-0.3, -0.25) is 0 Å². The largest absolute Gasteiger partial charge is 0.399 e. The Morgan fingerprint density at radius 2 is 1.89 bits per heavy atom. The van der Waals surface area contributed by atoms with E-state index in [1.54, 1.807) is 12.3 Å². The molecule has 2 rings (SSSR count). The quantitative estimate of drug-likeness (QED) is 0.862. The lowest BCUT2D eigenvalue weighted by Crippen LogP contribution is -2.02. The van der Waals surface area contributed by atoms with E-state index in [9.17, 15) is 0 Å². The number of nitrogens with zero attached hydrogens (tertiary/aromatic N) is 1. The van der Waals surface area contributed by atoms with Gasteiger partial charge in [0.25, 0.3) is 0 Å². The van der Waals surface area contributed by atoms with E-state index in [1.807, 2.05) is 6.07 Å². The highest BCUT2D eigenvalue weighted by Gasteiger charge is 1.99. The molecular weight excluding hydrogens is 222 g/mol. The highest BCUT2D eigenvalue weighted by molar-refractivity contribution is 5.48. The second-order valence-corrected chi connectivity index (χ2v) is 4.72. The van der Waals surface area contributed by atoms with Crippen LogP contribution in [0.15, 0.2) is 42.6 Å². The SMILES string of the molecule is CC(C)c1ccc(CNc2cc(N)ccn2)cc1. The van der Waals surface area contributed by atoms with Crippen molar-refractivity contribution in [3.63, 3.8) is 0 Å². The average Bonchev–Trinajstić information content (AvgIpc) is 2.37. The van der Waals surface area contributed by atoms with Crippen molar-refractivity contribution in [2.45, 2.75) is 26.3 Å². The molecular formula is C15H19N3. The molecule has 0 radical (unpaired) electrons. The summed E-state index contributed by atoms with van der Waals surface area (Å²) in [6, 6.07) is 12.3. The highest BCUT2D eigenvalue weighted by Crippen LogP contribution is 2.15. The van der Waals surface area contributed by atoms with Gasteiger partial charge in [0.1, 0.15) is 5.82 Å². The third kappa shape index (κ3) is 3.23. The summed E-state index contributed by atoms with van der Waals surface area (Å²) in [5.74, 6) is 1.38. The van der Waals surface area contributed by atoms with Crippen LogP contribution in [0.25, 0.3) is 0 Å². The zero-order chi connectivity index (χ0) is 13.0. The fourth-order valence-corrected chi connectivity index (χ4v) is 1.76. The Morgan fingerprint density at radius 3 is 2.50 bits per heavy atom. The number of nitrogen functional groups attached to an aromatic ring is 1. The summed E-state index contributed by atoms with van der Waals surface area (Å²) in [4.78, 5) is 4.21. The number of nitrogens with one attached hydrogen (secondary N) is 1. The first-order chi connectivity index (χ1) is 8.65. The third-order valence-electron chi connectivity index (χ3n) is 2.90. The van der Waals surface area contributed by atoms with Gasteiger partial charge in [-0.2, -0.15) is 0 Å². The average molecular weight is 241 g/mol. The van der Waals surface area contributed by atoms with Crippen molar-refractivity contribution in [2.75, 3.05) is 11.1 Å². The van der Waals surface area contributed by atoms with E-state index in [0.29, 0.717) is 5.92 Å². The number of nitrogens with two attached hydrogens (primary N) is 1. The lowest BCUT2D eigenvalue weighted by atomic mass is 10.0.